The van der Waals surface area contributed by atoms with Gasteiger partial charge in [-0.25, -0.2) is 0 Å². The molecule has 0 unspecified atom stereocenters. The van der Waals surface area contributed by atoms with Crippen molar-refractivity contribution in [3.05, 3.63) is 88.5 Å². The summed E-state index contributed by atoms with van der Waals surface area (Å²) >= 11 is 9.26. The molecule has 3 aromatic carbocycles. The molecule has 1 aliphatic heterocycles. The summed E-state index contributed by atoms with van der Waals surface area (Å²) in [6.07, 6.45) is 2.21. The molecule has 5 heteroatoms. The van der Waals surface area contributed by atoms with Crippen molar-refractivity contribution in [1.29, 1.82) is 0 Å². The van der Waals surface area contributed by atoms with Gasteiger partial charge in [-0.15, -0.1) is 11.8 Å². The number of halogens is 1. The van der Waals surface area contributed by atoms with E-state index in [-0.39, 0.29) is 11.4 Å². The summed E-state index contributed by atoms with van der Waals surface area (Å²) in [6, 6.07) is 20.6. The van der Waals surface area contributed by atoms with Gasteiger partial charge in [-0.1, -0.05) is 41.1 Å². The van der Waals surface area contributed by atoms with E-state index >= 15 is 0 Å². The van der Waals surface area contributed by atoms with Crippen LogP contribution in [0.2, 0.25) is 5.02 Å². The fourth-order valence-electron chi connectivity index (χ4n) is 4.42. The number of hydrogen-bond donors (Lipinski definition) is 0. The number of fused-ring (bicyclic) bond motifs is 1. The maximum Gasteiger partial charge on any atom is 0.238 e. The van der Waals surface area contributed by atoms with Gasteiger partial charge in [-0.05, 0) is 100 Å². The number of allylic oxidation sites excluding steroid dienone is 1. The Bertz CT molecular complexity index is 1210. The van der Waals surface area contributed by atoms with E-state index in [1.165, 1.54) is 11.1 Å². The van der Waals surface area contributed by atoms with Crippen LogP contribution in [0.1, 0.15) is 37.5 Å². The number of thioether (sulfide) groups is 1. The highest BCUT2D eigenvalue weighted by atomic mass is 35.5. The normalized spacial score (nSPS) is 14.6. The molecule has 170 valence electrons. The van der Waals surface area contributed by atoms with Crippen molar-refractivity contribution in [3.8, 4) is 0 Å². The van der Waals surface area contributed by atoms with E-state index < -0.39 is 0 Å². The van der Waals surface area contributed by atoms with Gasteiger partial charge in [0.05, 0.1) is 17.0 Å². The number of rotatable bonds is 5. The third-order valence-corrected chi connectivity index (χ3v) is 7.99. The Labute approximate surface area is 210 Å². The molecule has 0 saturated carbocycles. The summed E-state index contributed by atoms with van der Waals surface area (Å²) < 4.78 is 0. The van der Waals surface area contributed by atoms with Crippen LogP contribution < -0.4 is 4.90 Å². The molecule has 0 aliphatic carbocycles. The van der Waals surface area contributed by atoms with Crippen molar-refractivity contribution in [3.63, 3.8) is 0 Å². The molecular formula is C28H28ClNOS2. The Hall–Kier alpha value is -2.14. The zero-order chi connectivity index (χ0) is 23.8. The molecule has 33 heavy (non-hydrogen) atoms. The van der Waals surface area contributed by atoms with E-state index in [0.717, 1.165) is 36.5 Å². The molecule has 0 atom stereocenters. The molecule has 0 aromatic heterocycles. The first kappa shape index (κ1) is 24.0. The van der Waals surface area contributed by atoms with Crippen molar-refractivity contribution in [1.82, 2.24) is 0 Å². The Morgan fingerprint density at radius 3 is 2.12 bits per heavy atom. The standard InChI is InChI=1S/C28H28ClNOS2/c1-18-14-19(2)27-25(15-18)20(3)16-28(4,5)30(27)26(31)17-32-22-10-12-24(13-11-22)33-23-8-6-21(29)7-9-23/h6-16H,17H2,1-5H3. The third-order valence-electron chi connectivity index (χ3n) is 5.72. The molecule has 0 radical (unpaired) electrons. The van der Waals surface area contributed by atoms with Crippen LogP contribution in [0.5, 0.6) is 0 Å². The lowest BCUT2D eigenvalue weighted by molar-refractivity contribution is -0.116. The van der Waals surface area contributed by atoms with Crippen LogP contribution >= 0.6 is 35.1 Å². The highest BCUT2D eigenvalue weighted by Crippen LogP contribution is 2.42. The largest absolute Gasteiger partial charge is 0.302 e. The van der Waals surface area contributed by atoms with E-state index in [4.69, 9.17) is 11.6 Å². The highest BCUT2D eigenvalue weighted by molar-refractivity contribution is 8.00. The molecular weight excluding hydrogens is 466 g/mol. The Morgan fingerprint density at radius 1 is 0.909 bits per heavy atom. The van der Waals surface area contributed by atoms with Gasteiger partial charge < -0.3 is 4.90 Å². The summed E-state index contributed by atoms with van der Waals surface area (Å²) in [5.74, 6) is 0.522. The maximum atomic E-state index is 13.5. The molecule has 0 N–H and O–H groups in total. The Kier molecular flexibility index (Phi) is 6.99. The van der Waals surface area contributed by atoms with Gasteiger partial charge in [0.1, 0.15) is 0 Å². The van der Waals surface area contributed by atoms with E-state index in [9.17, 15) is 4.79 Å². The van der Waals surface area contributed by atoms with Crippen molar-refractivity contribution in [2.75, 3.05) is 10.7 Å². The molecule has 4 rings (SSSR count). The molecule has 3 aromatic rings. The van der Waals surface area contributed by atoms with E-state index in [0.29, 0.717) is 5.75 Å². The molecule has 0 saturated heterocycles. The second kappa shape index (κ2) is 9.61. The Morgan fingerprint density at radius 2 is 1.48 bits per heavy atom. The SMILES string of the molecule is CC1=CC(C)(C)N(C(=O)CSc2ccc(Sc3ccc(Cl)cc3)cc2)c2c(C)cc(C)cc21. The predicted molar refractivity (Wildman–Crippen MR) is 144 cm³/mol. The number of anilines is 1. The monoisotopic (exact) mass is 493 g/mol. The first-order valence-electron chi connectivity index (χ1n) is 10.9. The van der Waals surface area contributed by atoms with Crippen molar-refractivity contribution >= 4 is 52.3 Å². The van der Waals surface area contributed by atoms with Gasteiger partial charge >= 0.3 is 0 Å². The van der Waals surface area contributed by atoms with Crippen molar-refractivity contribution in [2.24, 2.45) is 0 Å². The van der Waals surface area contributed by atoms with Gasteiger partial charge in [-0.2, -0.15) is 0 Å². The number of hydrogen-bond acceptors (Lipinski definition) is 3. The van der Waals surface area contributed by atoms with Crippen LogP contribution in [0.25, 0.3) is 5.57 Å². The first-order chi connectivity index (χ1) is 15.6. The number of aryl methyl sites for hydroxylation is 2. The fraction of sp³-hybridized carbons (Fsp3) is 0.250. The van der Waals surface area contributed by atoms with Gasteiger partial charge in [0.2, 0.25) is 5.91 Å². The lowest BCUT2D eigenvalue weighted by atomic mass is 9.86. The topological polar surface area (TPSA) is 20.3 Å². The molecule has 2 nitrogen and oxygen atoms in total. The predicted octanol–water partition coefficient (Wildman–Crippen LogP) is 8.43. The summed E-state index contributed by atoms with van der Waals surface area (Å²) in [5.41, 5.74) is 5.44. The van der Waals surface area contributed by atoms with Crippen LogP contribution in [0.4, 0.5) is 5.69 Å². The molecule has 0 bridgehead atoms. The van der Waals surface area contributed by atoms with Crippen LogP contribution in [0.3, 0.4) is 0 Å². The third kappa shape index (κ3) is 5.34. The minimum absolute atomic E-state index is 0.126. The quantitative estimate of drug-likeness (QED) is 0.332. The summed E-state index contributed by atoms with van der Waals surface area (Å²) in [4.78, 5) is 18.9. The number of amides is 1. The Balaban J connectivity index is 1.48. The summed E-state index contributed by atoms with van der Waals surface area (Å²) in [7, 11) is 0. The molecule has 1 heterocycles. The zero-order valence-electron chi connectivity index (χ0n) is 19.6. The number of benzene rings is 3. The number of carbonyl (C=O) groups excluding carboxylic acids is 1. The second-order valence-corrected chi connectivity index (χ2v) is 11.6. The molecule has 1 amide bonds. The van der Waals surface area contributed by atoms with E-state index in [1.54, 1.807) is 23.5 Å². The lowest BCUT2D eigenvalue weighted by Gasteiger charge is -2.42. The van der Waals surface area contributed by atoms with Gasteiger partial charge in [0.25, 0.3) is 0 Å². The van der Waals surface area contributed by atoms with Crippen LogP contribution in [-0.2, 0) is 4.79 Å². The number of nitrogens with zero attached hydrogens (tertiary/aromatic N) is 1. The van der Waals surface area contributed by atoms with Crippen LogP contribution in [0, 0.1) is 13.8 Å². The minimum Gasteiger partial charge on any atom is -0.302 e. The zero-order valence-corrected chi connectivity index (χ0v) is 22.0. The van der Waals surface area contributed by atoms with Gasteiger partial charge in [0.15, 0.2) is 0 Å². The summed E-state index contributed by atoms with van der Waals surface area (Å²) in [5, 5.41) is 0.742. The minimum atomic E-state index is -0.367. The van der Waals surface area contributed by atoms with Crippen LogP contribution in [-0.4, -0.2) is 17.2 Å². The average Bonchev–Trinajstić information content (AvgIpc) is 2.75. The smallest absolute Gasteiger partial charge is 0.238 e. The summed E-state index contributed by atoms with van der Waals surface area (Å²) in [6.45, 7) is 10.6. The van der Waals surface area contributed by atoms with Crippen LogP contribution in [0.15, 0.2) is 81.4 Å². The van der Waals surface area contributed by atoms with Crippen molar-refractivity contribution in [2.45, 2.75) is 54.8 Å². The highest BCUT2D eigenvalue weighted by Gasteiger charge is 2.36. The first-order valence-corrected chi connectivity index (χ1v) is 13.1. The van der Waals surface area contributed by atoms with Gasteiger partial charge in [0, 0.05) is 25.3 Å². The number of carbonyl (C=O) groups is 1. The van der Waals surface area contributed by atoms with Gasteiger partial charge in [-0.3, -0.25) is 4.79 Å². The van der Waals surface area contributed by atoms with Crippen molar-refractivity contribution < 1.29 is 4.79 Å². The lowest BCUT2D eigenvalue weighted by Crippen LogP contribution is -2.50. The average molecular weight is 494 g/mol. The fourth-order valence-corrected chi connectivity index (χ4v) is 6.11. The van der Waals surface area contributed by atoms with E-state index in [2.05, 4.69) is 77.1 Å². The molecule has 0 spiro atoms. The molecule has 0 fully saturated rings. The molecule has 1 aliphatic rings. The van der Waals surface area contributed by atoms with E-state index in [1.807, 2.05) is 29.2 Å². The second-order valence-electron chi connectivity index (χ2n) is 9.00. The maximum absolute atomic E-state index is 13.5.